The van der Waals surface area contributed by atoms with Crippen molar-refractivity contribution < 1.29 is 0 Å². The molecule has 0 aliphatic carbocycles. The predicted octanol–water partition coefficient (Wildman–Crippen LogP) is 14.9. The maximum Gasteiger partial charge on any atom is 0.0468 e. The summed E-state index contributed by atoms with van der Waals surface area (Å²) >= 11 is 1.90. The zero-order chi connectivity index (χ0) is 34.8. The number of anilines is 3. The van der Waals surface area contributed by atoms with Gasteiger partial charge in [-0.1, -0.05) is 127 Å². The van der Waals surface area contributed by atoms with Crippen LogP contribution >= 0.6 is 11.3 Å². The van der Waals surface area contributed by atoms with E-state index in [0.717, 1.165) is 17.1 Å². The molecule has 1 aromatic heterocycles. The van der Waals surface area contributed by atoms with Gasteiger partial charge in [0.2, 0.25) is 0 Å². The van der Waals surface area contributed by atoms with Crippen LogP contribution in [0.1, 0.15) is 11.1 Å². The van der Waals surface area contributed by atoms with Gasteiger partial charge in [0.1, 0.15) is 0 Å². The Hall–Kier alpha value is -6.22. The van der Waals surface area contributed by atoms with Crippen LogP contribution in [0.25, 0.3) is 74.7 Å². The van der Waals surface area contributed by atoms with Gasteiger partial charge in [0.15, 0.2) is 0 Å². The molecule has 0 unspecified atom stereocenters. The molecule has 0 saturated heterocycles. The summed E-state index contributed by atoms with van der Waals surface area (Å²) in [5.41, 5.74) is 11.1. The number of benzene rings is 9. The van der Waals surface area contributed by atoms with Gasteiger partial charge in [-0.2, -0.15) is 0 Å². The van der Waals surface area contributed by atoms with Crippen LogP contribution in [0, 0.1) is 13.8 Å². The molecule has 0 spiro atoms. The minimum atomic E-state index is 1.15. The summed E-state index contributed by atoms with van der Waals surface area (Å²) in [4.78, 5) is 2.37. The van der Waals surface area contributed by atoms with Crippen molar-refractivity contribution in [2.75, 3.05) is 4.90 Å². The number of rotatable bonds is 5. The van der Waals surface area contributed by atoms with E-state index in [2.05, 4.69) is 195 Å². The summed E-state index contributed by atoms with van der Waals surface area (Å²) in [6.07, 6.45) is 0. The minimum absolute atomic E-state index is 1.15. The summed E-state index contributed by atoms with van der Waals surface area (Å²) in [5, 5.41) is 10.2. The van der Waals surface area contributed by atoms with Crippen molar-refractivity contribution in [2.24, 2.45) is 0 Å². The SMILES string of the molecule is Cc1cccc(N(c2cccc(C)c2)c2ccc3cc(-c4c5ccccc5c(-c5cccc6c5sc5ccccc56)c5ccccc45)ccc3c2)c1. The Kier molecular flexibility index (Phi) is 7.19. The maximum absolute atomic E-state index is 2.38. The molecule has 0 radical (unpaired) electrons. The van der Waals surface area contributed by atoms with E-state index in [9.17, 15) is 0 Å². The topological polar surface area (TPSA) is 3.24 Å². The highest BCUT2D eigenvalue weighted by Crippen LogP contribution is 2.48. The minimum Gasteiger partial charge on any atom is -0.310 e. The lowest BCUT2D eigenvalue weighted by molar-refractivity contribution is 1.26. The van der Waals surface area contributed by atoms with Crippen molar-refractivity contribution in [2.45, 2.75) is 13.8 Å². The average molecular weight is 682 g/mol. The molecule has 10 rings (SSSR count). The first kappa shape index (κ1) is 30.6. The molecule has 1 heterocycles. The number of hydrogen-bond donors (Lipinski definition) is 0. The van der Waals surface area contributed by atoms with Crippen LogP contribution in [0.15, 0.2) is 176 Å². The maximum atomic E-state index is 2.38. The van der Waals surface area contributed by atoms with Crippen molar-refractivity contribution in [1.82, 2.24) is 0 Å². The van der Waals surface area contributed by atoms with E-state index in [1.54, 1.807) is 0 Å². The van der Waals surface area contributed by atoms with Gasteiger partial charge < -0.3 is 4.90 Å². The Morgan fingerprint density at radius 1 is 0.385 bits per heavy atom. The zero-order valence-electron chi connectivity index (χ0n) is 29.1. The molecule has 10 aromatic rings. The van der Waals surface area contributed by atoms with E-state index in [1.807, 2.05) is 11.3 Å². The second-order valence-corrected chi connectivity index (χ2v) is 14.9. The molecule has 246 valence electrons. The lowest BCUT2D eigenvalue weighted by atomic mass is 9.85. The third-order valence-corrected chi connectivity index (χ3v) is 11.7. The molecule has 52 heavy (non-hydrogen) atoms. The average Bonchev–Trinajstić information content (AvgIpc) is 3.56. The van der Waals surface area contributed by atoms with Crippen LogP contribution < -0.4 is 4.90 Å². The van der Waals surface area contributed by atoms with Crippen molar-refractivity contribution in [3.8, 4) is 22.3 Å². The second-order valence-electron chi connectivity index (χ2n) is 13.9. The van der Waals surface area contributed by atoms with Crippen LogP contribution in [-0.4, -0.2) is 0 Å². The molecular formula is C50H35NS. The smallest absolute Gasteiger partial charge is 0.0468 e. The normalized spacial score (nSPS) is 11.7. The van der Waals surface area contributed by atoms with Crippen molar-refractivity contribution in [3.63, 3.8) is 0 Å². The molecule has 0 fully saturated rings. The molecule has 9 aromatic carbocycles. The third-order valence-electron chi connectivity index (χ3n) is 10.5. The molecule has 0 bridgehead atoms. The Morgan fingerprint density at radius 2 is 0.904 bits per heavy atom. The van der Waals surface area contributed by atoms with Crippen molar-refractivity contribution >= 4 is 80.9 Å². The fraction of sp³-hybridized carbons (Fsp3) is 0.0400. The molecular weight excluding hydrogens is 647 g/mol. The highest BCUT2D eigenvalue weighted by Gasteiger charge is 2.20. The van der Waals surface area contributed by atoms with Gasteiger partial charge in [0, 0.05) is 42.8 Å². The lowest BCUT2D eigenvalue weighted by Crippen LogP contribution is -2.10. The van der Waals surface area contributed by atoms with Gasteiger partial charge in [-0.3, -0.25) is 0 Å². The largest absolute Gasteiger partial charge is 0.310 e. The third kappa shape index (κ3) is 4.98. The number of thiophene rings is 1. The monoisotopic (exact) mass is 681 g/mol. The molecule has 0 aliphatic heterocycles. The summed E-state index contributed by atoms with van der Waals surface area (Å²) < 4.78 is 2.68. The zero-order valence-corrected chi connectivity index (χ0v) is 29.9. The molecule has 0 amide bonds. The fourth-order valence-electron chi connectivity index (χ4n) is 8.18. The first-order valence-electron chi connectivity index (χ1n) is 17.9. The first-order chi connectivity index (χ1) is 25.6. The highest BCUT2D eigenvalue weighted by molar-refractivity contribution is 7.26. The van der Waals surface area contributed by atoms with E-state index in [-0.39, 0.29) is 0 Å². The molecule has 0 atom stereocenters. The standard InChI is InChI=1S/C50H35NS/c1-32-12-9-14-37(28-32)51(38-15-10-13-33(2)29-38)39-27-26-34-30-36(25-24-35(34)31-39)48-41-17-3-5-19-43(41)49(44-20-6-4-18-42(44)48)46-22-11-21-45-40-16-7-8-23-47(40)52-50(45)46/h3-31H,1-2H3. The van der Waals surface area contributed by atoms with E-state index in [4.69, 9.17) is 0 Å². The Morgan fingerprint density at radius 3 is 1.56 bits per heavy atom. The summed E-state index contributed by atoms with van der Waals surface area (Å²) in [6.45, 7) is 4.31. The Bertz CT molecular complexity index is 2900. The van der Waals surface area contributed by atoms with Gasteiger partial charge in [0.25, 0.3) is 0 Å². The molecule has 0 aliphatic rings. The van der Waals surface area contributed by atoms with Gasteiger partial charge >= 0.3 is 0 Å². The van der Waals surface area contributed by atoms with Crippen molar-refractivity contribution in [3.05, 3.63) is 187 Å². The van der Waals surface area contributed by atoms with Crippen LogP contribution in [0.5, 0.6) is 0 Å². The van der Waals surface area contributed by atoms with Crippen LogP contribution in [0.3, 0.4) is 0 Å². The van der Waals surface area contributed by atoms with E-state index < -0.39 is 0 Å². The summed E-state index contributed by atoms with van der Waals surface area (Å²) in [5.74, 6) is 0. The van der Waals surface area contributed by atoms with Gasteiger partial charge in [-0.25, -0.2) is 0 Å². The van der Waals surface area contributed by atoms with E-state index in [0.29, 0.717) is 0 Å². The number of nitrogens with zero attached hydrogens (tertiary/aromatic N) is 1. The summed E-state index contributed by atoms with van der Waals surface area (Å²) in [7, 11) is 0. The quantitative estimate of drug-likeness (QED) is 0.163. The molecule has 0 N–H and O–H groups in total. The molecule has 2 heteroatoms. The highest BCUT2D eigenvalue weighted by atomic mass is 32.1. The first-order valence-corrected chi connectivity index (χ1v) is 18.7. The second kappa shape index (κ2) is 12.2. The van der Waals surface area contributed by atoms with Gasteiger partial charge in [-0.05, 0) is 123 Å². The van der Waals surface area contributed by atoms with Gasteiger partial charge in [0.05, 0.1) is 0 Å². The Labute approximate surface area is 307 Å². The van der Waals surface area contributed by atoms with Crippen LogP contribution in [-0.2, 0) is 0 Å². The lowest BCUT2D eigenvalue weighted by Gasteiger charge is -2.26. The van der Waals surface area contributed by atoms with E-state index >= 15 is 0 Å². The fourth-order valence-corrected chi connectivity index (χ4v) is 9.41. The number of fused-ring (bicyclic) bond motifs is 6. The van der Waals surface area contributed by atoms with Gasteiger partial charge in [-0.15, -0.1) is 11.3 Å². The molecule has 1 nitrogen and oxygen atoms in total. The van der Waals surface area contributed by atoms with E-state index in [1.165, 1.54) is 85.9 Å². The summed E-state index contributed by atoms with van der Waals surface area (Å²) in [6, 6.07) is 65.0. The van der Waals surface area contributed by atoms with Crippen molar-refractivity contribution in [1.29, 1.82) is 0 Å². The number of aryl methyl sites for hydroxylation is 2. The molecule has 0 saturated carbocycles. The number of hydrogen-bond acceptors (Lipinski definition) is 2. The van der Waals surface area contributed by atoms with Crippen LogP contribution in [0.2, 0.25) is 0 Å². The van der Waals surface area contributed by atoms with Crippen LogP contribution in [0.4, 0.5) is 17.1 Å². The predicted molar refractivity (Wildman–Crippen MR) is 227 cm³/mol. The Balaban J connectivity index is 1.16.